The average molecular weight is 226 g/mol. The minimum Gasteiger partial charge on any atom is -0.230 e. The molecule has 0 atom stereocenters. The van der Waals surface area contributed by atoms with Crippen LogP contribution in [0.25, 0.3) is 11.0 Å². The zero-order valence-corrected chi connectivity index (χ0v) is 9.35. The van der Waals surface area contributed by atoms with Crippen LogP contribution in [0.15, 0.2) is 17.4 Å². The van der Waals surface area contributed by atoms with Gasteiger partial charge < -0.3 is 0 Å². The first-order valence-electron chi connectivity index (χ1n) is 4.04. The zero-order chi connectivity index (χ0) is 10.1. The van der Waals surface area contributed by atoms with Crippen molar-refractivity contribution in [1.82, 2.24) is 15.0 Å². The van der Waals surface area contributed by atoms with Gasteiger partial charge in [-0.2, -0.15) is 0 Å². The maximum absolute atomic E-state index is 5.90. The van der Waals surface area contributed by atoms with Gasteiger partial charge in [-0.1, -0.05) is 23.4 Å². The van der Waals surface area contributed by atoms with Gasteiger partial charge in [0.15, 0.2) is 10.8 Å². The van der Waals surface area contributed by atoms with Crippen LogP contribution in [0.4, 0.5) is 0 Å². The maximum Gasteiger partial charge on any atom is 0.189 e. The van der Waals surface area contributed by atoms with Gasteiger partial charge in [-0.25, -0.2) is 15.0 Å². The van der Waals surface area contributed by atoms with E-state index in [1.807, 2.05) is 19.2 Å². The van der Waals surface area contributed by atoms with E-state index >= 15 is 0 Å². The lowest BCUT2D eigenvalue weighted by Gasteiger charge is -2.01. The third kappa shape index (κ3) is 1.67. The Balaban J connectivity index is 2.70. The Bertz CT molecular complexity index is 487. The molecule has 2 aromatic heterocycles. The van der Waals surface area contributed by atoms with Gasteiger partial charge in [0.05, 0.1) is 0 Å². The van der Waals surface area contributed by atoms with Crippen molar-refractivity contribution in [3.8, 4) is 0 Å². The Kier molecular flexibility index (Phi) is 2.56. The molecular formula is C9H8ClN3S. The highest BCUT2D eigenvalue weighted by Crippen LogP contribution is 2.19. The predicted octanol–water partition coefficient (Wildman–Crippen LogP) is 2.71. The summed E-state index contributed by atoms with van der Waals surface area (Å²) in [5.41, 5.74) is 1.60. The van der Waals surface area contributed by atoms with E-state index in [1.165, 1.54) is 11.8 Å². The summed E-state index contributed by atoms with van der Waals surface area (Å²) in [6.07, 6.45) is 3.70. The van der Waals surface area contributed by atoms with Crippen molar-refractivity contribution in [2.45, 2.75) is 12.1 Å². The molecular weight excluding hydrogens is 218 g/mol. The number of rotatable bonds is 1. The van der Waals surface area contributed by atoms with Gasteiger partial charge in [-0.15, -0.1) is 0 Å². The molecule has 0 aliphatic carbocycles. The van der Waals surface area contributed by atoms with Crippen molar-refractivity contribution in [3.05, 3.63) is 23.0 Å². The number of halogens is 1. The lowest BCUT2D eigenvalue weighted by molar-refractivity contribution is 0.990. The maximum atomic E-state index is 5.90. The Hall–Kier alpha value is -0.870. The Morgan fingerprint density at radius 3 is 2.86 bits per heavy atom. The molecule has 72 valence electrons. The van der Waals surface area contributed by atoms with Crippen molar-refractivity contribution in [1.29, 1.82) is 0 Å². The van der Waals surface area contributed by atoms with E-state index in [0.29, 0.717) is 16.0 Å². The van der Waals surface area contributed by atoms with Crippen LogP contribution in [0.2, 0.25) is 5.15 Å². The molecule has 2 heterocycles. The van der Waals surface area contributed by atoms with Crippen molar-refractivity contribution in [2.75, 3.05) is 6.26 Å². The first-order valence-corrected chi connectivity index (χ1v) is 5.65. The number of thioether (sulfide) groups is 1. The quantitative estimate of drug-likeness (QED) is 0.425. The molecule has 0 aliphatic rings. The molecule has 0 saturated heterocycles. The van der Waals surface area contributed by atoms with Crippen LogP contribution in [-0.2, 0) is 0 Å². The first-order chi connectivity index (χ1) is 6.70. The SMILES string of the molecule is CSc1ncc2cc(C)c(Cl)nc2n1. The van der Waals surface area contributed by atoms with Crippen LogP contribution in [0.5, 0.6) is 0 Å². The summed E-state index contributed by atoms with van der Waals surface area (Å²) in [4.78, 5) is 12.6. The van der Waals surface area contributed by atoms with E-state index in [0.717, 1.165) is 10.9 Å². The second-order valence-corrected chi connectivity index (χ2v) is 4.00. The van der Waals surface area contributed by atoms with E-state index in [4.69, 9.17) is 11.6 Å². The number of pyridine rings is 1. The van der Waals surface area contributed by atoms with E-state index in [1.54, 1.807) is 6.20 Å². The van der Waals surface area contributed by atoms with Crippen LogP contribution in [0.3, 0.4) is 0 Å². The molecule has 0 fully saturated rings. The molecule has 0 aliphatic heterocycles. The minimum absolute atomic E-state index is 0.503. The fourth-order valence-electron chi connectivity index (χ4n) is 1.13. The van der Waals surface area contributed by atoms with Crippen molar-refractivity contribution < 1.29 is 0 Å². The van der Waals surface area contributed by atoms with E-state index in [9.17, 15) is 0 Å². The topological polar surface area (TPSA) is 38.7 Å². The fraction of sp³-hybridized carbons (Fsp3) is 0.222. The summed E-state index contributed by atoms with van der Waals surface area (Å²) in [5, 5.41) is 2.14. The summed E-state index contributed by atoms with van der Waals surface area (Å²) in [6.45, 7) is 1.91. The first kappa shape index (κ1) is 9.68. The smallest absolute Gasteiger partial charge is 0.189 e. The van der Waals surface area contributed by atoms with Crippen LogP contribution in [0, 0.1) is 6.92 Å². The highest BCUT2D eigenvalue weighted by Gasteiger charge is 2.03. The molecule has 0 bridgehead atoms. The summed E-state index contributed by atoms with van der Waals surface area (Å²) in [5.74, 6) is 0. The van der Waals surface area contributed by atoms with Crippen LogP contribution in [-0.4, -0.2) is 21.2 Å². The molecule has 3 nitrogen and oxygen atoms in total. The Morgan fingerprint density at radius 1 is 1.36 bits per heavy atom. The average Bonchev–Trinajstić information content (AvgIpc) is 2.19. The molecule has 0 unspecified atom stereocenters. The largest absolute Gasteiger partial charge is 0.230 e. The predicted molar refractivity (Wildman–Crippen MR) is 58.9 cm³/mol. The summed E-state index contributed by atoms with van der Waals surface area (Å²) >= 11 is 7.39. The Labute approximate surface area is 90.9 Å². The second-order valence-electron chi connectivity index (χ2n) is 2.87. The fourth-order valence-corrected chi connectivity index (χ4v) is 1.60. The highest BCUT2D eigenvalue weighted by atomic mass is 35.5. The van der Waals surface area contributed by atoms with Gasteiger partial charge in [0.1, 0.15) is 5.15 Å². The molecule has 0 saturated carbocycles. The number of fused-ring (bicyclic) bond motifs is 1. The van der Waals surface area contributed by atoms with Gasteiger partial charge in [0, 0.05) is 11.6 Å². The monoisotopic (exact) mass is 225 g/mol. The molecule has 0 spiro atoms. The molecule has 14 heavy (non-hydrogen) atoms. The second kappa shape index (κ2) is 3.71. The third-order valence-corrected chi connectivity index (χ3v) is 2.80. The molecule has 0 radical (unpaired) electrons. The van der Waals surface area contributed by atoms with Gasteiger partial charge in [0.25, 0.3) is 0 Å². The van der Waals surface area contributed by atoms with E-state index < -0.39 is 0 Å². The molecule has 0 amide bonds. The minimum atomic E-state index is 0.503. The molecule has 2 aromatic rings. The lowest BCUT2D eigenvalue weighted by atomic mass is 10.2. The van der Waals surface area contributed by atoms with Crippen molar-refractivity contribution in [2.24, 2.45) is 0 Å². The van der Waals surface area contributed by atoms with E-state index in [2.05, 4.69) is 15.0 Å². The normalized spacial score (nSPS) is 10.8. The van der Waals surface area contributed by atoms with Gasteiger partial charge in [-0.3, -0.25) is 0 Å². The molecule has 5 heteroatoms. The van der Waals surface area contributed by atoms with E-state index in [-0.39, 0.29) is 0 Å². The zero-order valence-electron chi connectivity index (χ0n) is 7.78. The molecule has 2 rings (SSSR count). The molecule has 0 N–H and O–H groups in total. The summed E-state index contributed by atoms with van der Waals surface area (Å²) < 4.78 is 0. The standard InChI is InChI=1S/C9H8ClN3S/c1-5-3-6-4-11-9(14-2)13-8(6)12-7(5)10/h3-4H,1-2H3. The number of aromatic nitrogens is 3. The van der Waals surface area contributed by atoms with Gasteiger partial charge >= 0.3 is 0 Å². The van der Waals surface area contributed by atoms with Crippen LogP contribution in [0.1, 0.15) is 5.56 Å². The Morgan fingerprint density at radius 2 is 2.14 bits per heavy atom. The summed E-state index contributed by atoms with van der Waals surface area (Å²) in [6, 6.07) is 1.94. The molecule has 0 aromatic carbocycles. The van der Waals surface area contributed by atoms with Crippen molar-refractivity contribution >= 4 is 34.4 Å². The lowest BCUT2D eigenvalue weighted by Crippen LogP contribution is -1.91. The van der Waals surface area contributed by atoms with Crippen molar-refractivity contribution in [3.63, 3.8) is 0 Å². The third-order valence-electron chi connectivity index (χ3n) is 1.86. The van der Waals surface area contributed by atoms with Gasteiger partial charge in [-0.05, 0) is 24.8 Å². The highest BCUT2D eigenvalue weighted by molar-refractivity contribution is 7.98. The number of nitrogens with zero attached hydrogens (tertiary/aromatic N) is 3. The number of hydrogen-bond acceptors (Lipinski definition) is 4. The van der Waals surface area contributed by atoms with Crippen LogP contribution < -0.4 is 0 Å². The van der Waals surface area contributed by atoms with Gasteiger partial charge in [0.2, 0.25) is 0 Å². The van der Waals surface area contributed by atoms with Crippen LogP contribution >= 0.6 is 23.4 Å². The summed E-state index contributed by atoms with van der Waals surface area (Å²) in [7, 11) is 0. The number of hydrogen-bond donors (Lipinski definition) is 0. The number of aryl methyl sites for hydroxylation is 1.